The summed E-state index contributed by atoms with van der Waals surface area (Å²) < 4.78 is 0. The standard InChI is InChI=1S/C9H10O2.C6H14/c1-7-2-4-8(5-3-7)6-9(10)11;1-3-5-6-4-2/h2-5H,6H2,1H3,(H,10,11);3-6H2,1-2H3. The lowest BCUT2D eigenvalue weighted by Gasteiger charge is -1.96. The Morgan fingerprint density at radius 3 is 1.88 bits per heavy atom. The largest absolute Gasteiger partial charge is 0.481 e. The molecule has 17 heavy (non-hydrogen) atoms. The highest BCUT2D eigenvalue weighted by Gasteiger charge is 1.97. The average Bonchev–Trinajstić information content (AvgIpc) is 2.30. The second-order valence-electron chi connectivity index (χ2n) is 4.26. The molecular formula is C15H24O2. The fourth-order valence-corrected chi connectivity index (χ4v) is 1.38. The quantitative estimate of drug-likeness (QED) is 0.778. The summed E-state index contributed by atoms with van der Waals surface area (Å²) in [6, 6.07) is 7.50. The number of benzene rings is 1. The number of hydrogen-bond donors (Lipinski definition) is 1. The van der Waals surface area contributed by atoms with Crippen LogP contribution < -0.4 is 0 Å². The van der Waals surface area contributed by atoms with Gasteiger partial charge in [0.2, 0.25) is 0 Å². The molecule has 0 saturated heterocycles. The van der Waals surface area contributed by atoms with E-state index in [9.17, 15) is 4.79 Å². The third-order valence-electron chi connectivity index (χ3n) is 2.43. The summed E-state index contributed by atoms with van der Waals surface area (Å²) in [7, 11) is 0. The van der Waals surface area contributed by atoms with Crippen LogP contribution in [0.4, 0.5) is 0 Å². The first-order valence-corrected chi connectivity index (χ1v) is 6.37. The number of carboxylic acids is 1. The Morgan fingerprint density at radius 2 is 1.53 bits per heavy atom. The number of aliphatic carboxylic acids is 1. The van der Waals surface area contributed by atoms with E-state index in [0.29, 0.717) is 0 Å². The SMILES string of the molecule is CCCCCC.Cc1ccc(CC(=O)O)cc1. The van der Waals surface area contributed by atoms with Gasteiger partial charge in [0.05, 0.1) is 6.42 Å². The molecule has 1 rings (SSSR count). The van der Waals surface area contributed by atoms with Gasteiger partial charge in [0.1, 0.15) is 0 Å². The molecule has 0 atom stereocenters. The van der Waals surface area contributed by atoms with Crippen molar-refractivity contribution in [2.24, 2.45) is 0 Å². The highest BCUT2D eigenvalue weighted by Crippen LogP contribution is 2.03. The van der Waals surface area contributed by atoms with E-state index < -0.39 is 5.97 Å². The van der Waals surface area contributed by atoms with Gasteiger partial charge in [-0.05, 0) is 12.5 Å². The molecule has 1 aromatic rings. The van der Waals surface area contributed by atoms with Crippen molar-refractivity contribution in [3.05, 3.63) is 35.4 Å². The molecule has 1 aromatic carbocycles. The first-order valence-electron chi connectivity index (χ1n) is 6.37. The third kappa shape index (κ3) is 9.61. The van der Waals surface area contributed by atoms with Crippen LogP contribution >= 0.6 is 0 Å². The Hall–Kier alpha value is -1.31. The van der Waals surface area contributed by atoms with Crippen molar-refractivity contribution < 1.29 is 9.90 Å². The van der Waals surface area contributed by atoms with Gasteiger partial charge in [-0.25, -0.2) is 0 Å². The first-order chi connectivity index (χ1) is 8.10. The van der Waals surface area contributed by atoms with E-state index in [1.165, 1.54) is 25.7 Å². The number of carboxylic acid groups (broad SMARTS) is 1. The number of hydrogen-bond acceptors (Lipinski definition) is 1. The van der Waals surface area contributed by atoms with Crippen LogP contribution in [0.25, 0.3) is 0 Å². The van der Waals surface area contributed by atoms with Gasteiger partial charge in [0, 0.05) is 0 Å². The van der Waals surface area contributed by atoms with E-state index in [1.807, 2.05) is 31.2 Å². The van der Waals surface area contributed by atoms with Crippen molar-refractivity contribution in [2.45, 2.75) is 52.9 Å². The van der Waals surface area contributed by atoms with Gasteiger partial charge in [-0.1, -0.05) is 69.4 Å². The molecule has 1 N–H and O–H groups in total. The molecule has 0 bridgehead atoms. The Morgan fingerprint density at radius 1 is 1.06 bits per heavy atom. The number of rotatable bonds is 5. The molecule has 2 nitrogen and oxygen atoms in total. The van der Waals surface area contributed by atoms with E-state index in [4.69, 9.17) is 5.11 Å². The zero-order valence-corrected chi connectivity index (χ0v) is 11.2. The van der Waals surface area contributed by atoms with Crippen LogP contribution in [-0.4, -0.2) is 11.1 Å². The topological polar surface area (TPSA) is 37.3 Å². The molecule has 0 fully saturated rings. The highest BCUT2D eigenvalue weighted by atomic mass is 16.4. The van der Waals surface area contributed by atoms with Gasteiger partial charge in [0.15, 0.2) is 0 Å². The van der Waals surface area contributed by atoms with Crippen LogP contribution in [0.1, 0.15) is 50.7 Å². The maximum absolute atomic E-state index is 10.3. The summed E-state index contributed by atoms with van der Waals surface area (Å²) in [5.41, 5.74) is 2.00. The number of carbonyl (C=O) groups is 1. The molecule has 0 radical (unpaired) electrons. The van der Waals surface area contributed by atoms with Gasteiger partial charge in [-0.2, -0.15) is 0 Å². The fourth-order valence-electron chi connectivity index (χ4n) is 1.38. The third-order valence-corrected chi connectivity index (χ3v) is 2.43. The molecule has 96 valence electrons. The second kappa shape index (κ2) is 9.88. The first kappa shape index (κ1) is 15.7. The fraction of sp³-hybridized carbons (Fsp3) is 0.533. The smallest absolute Gasteiger partial charge is 0.307 e. The summed E-state index contributed by atoms with van der Waals surface area (Å²) in [5, 5.41) is 8.44. The Labute approximate surface area is 105 Å². The average molecular weight is 236 g/mol. The van der Waals surface area contributed by atoms with Crippen LogP contribution in [0.2, 0.25) is 0 Å². The zero-order valence-electron chi connectivity index (χ0n) is 11.2. The lowest BCUT2D eigenvalue weighted by Crippen LogP contribution is -1.99. The minimum Gasteiger partial charge on any atom is -0.481 e. The van der Waals surface area contributed by atoms with Crippen molar-refractivity contribution in [3.8, 4) is 0 Å². The minimum absolute atomic E-state index is 0.111. The lowest BCUT2D eigenvalue weighted by atomic mass is 10.1. The molecule has 2 heteroatoms. The number of unbranched alkanes of at least 4 members (excludes halogenated alkanes) is 3. The van der Waals surface area contributed by atoms with Crippen molar-refractivity contribution in [3.63, 3.8) is 0 Å². The van der Waals surface area contributed by atoms with Gasteiger partial charge in [-0.3, -0.25) is 4.79 Å². The summed E-state index contributed by atoms with van der Waals surface area (Å²) in [4.78, 5) is 10.3. The van der Waals surface area contributed by atoms with Crippen LogP contribution in [0.3, 0.4) is 0 Å². The van der Waals surface area contributed by atoms with Crippen molar-refractivity contribution in [1.82, 2.24) is 0 Å². The molecule has 0 amide bonds. The maximum Gasteiger partial charge on any atom is 0.307 e. The van der Waals surface area contributed by atoms with Gasteiger partial charge in [-0.15, -0.1) is 0 Å². The molecule has 0 unspecified atom stereocenters. The minimum atomic E-state index is -0.783. The summed E-state index contributed by atoms with van der Waals surface area (Å²) in [6.45, 7) is 6.44. The molecule has 0 aliphatic carbocycles. The zero-order chi connectivity index (χ0) is 13.1. The van der Waals surface area contributed by atoms with Crippen molar-refractivity contribution >= 4 is 5.97 Å². The van der Waals surface area contributed by atoms with Crippen LogP contribution in [0.15, 0.2) is 24.3 Å². The maximum atomic E-state index is 10.3. The van der Waals surface area contributed by atoms with Crippen LogP contribution in [0.5, 0.6) is 0 Å². The van der Waals surface area contributed by atoms with E-state index in [-0.39, 0.29) is 6.42 Å². The Balaban J connectivity index is 0.000000366. The van der Waals surface area contributed by atoms with E-state index >= 15 is 0 Å². The Kier molecular flexibility index (Phi) is 9.12. The van der Waals surface area contributed by atoms with Gasteiger partial charge < -0.3 is 5.11 Å². The molecule has 0 saturated carbocycles. The molecule has 0 aliphatic rings. The Bertz CT molecular complexity index is 297. The molecule has 0 aliphatic heterocycles. The van der Waals surface area contributed by atoms with Gasteiger partial charge in [0.25, 0.3) is 0 Å². The molecular weight excluding hydrogens is 212 g/mol. The lowest BCUT2D eigenvalue weighted by molar-refractivity contribution is -0.136. The van der Waals surface area contributed by atoms with Crippen LogP contribution in [0, 0.1) is 6.92 Å². The van der Waals surface area contributed by atoms with Crippen molar-refractivity contribution in [1.29, 1.82) is 0 Å². The predicted molar refractivity (Wildman–Crippen MR) is 72.3 cm³/mol. The van der Waals surface area contributed by atoms with Gasteiger partial charge >= 0.3 is 5.97 Å². The van der Waals surface area contributed by atoms with E-state index in [2.05, 4.69) is 13.8 Å². The highest BCUT2D eigenvalue weighted by molar-refractivity contribution is 5.70. The molecule has 0 spiro atoms. The monoisotopic (exact) mass is 236 g/mol. The van der Waals surface area contributed by atoms with Crippen LogP contribution in [-0.2, 0) is 11.2 Å². The summed E-state index contributed by atoms with van der Waals surface area (Å²) in [5.74, 6) is -0.783. The van der Waals surface area contributed by atoms with Crippen molar-refractivity contribution in [2.75, 3.05) is 0 Å². The second-order valence-corrected chi connectivity index (χ2v) is 4.26. The molecule has 0 aromatic heterocycles. The normalized spacial score (nSPS) is 9.35. The van der Waals surface area contributed by atoms with E-state index in [1.54, 1.807) is 0 Å². The predicted octanol–water partition coefficient (Wildman–Crippen LogP) is 4.21. The summed E-state index contributed by atoms with van der Waals surface area (Å²) >= 11 is 0. The molecule has 0 heterocycles. The number of aryl methyl sites for hydroxylation is 1. The van der Waals surface area contributed by atoms with E-state index in [0.717, 1.165) is 11.1 Å². The summed E-state index contributed by atoms with van der Waals surface area (Å²) in [6.07, 6.45) is 5.65.